The first-order chi connectivity index (χ1) is 7.49. The topological polar surface area (TPSA) is 79.4 Å². The van der Waals surface area contributed by atoms with E-state index in [-0.39, 0.29) is 29.3 Å². The second-order valence-corrected chi connectivity index (χ2v) is 4.04. The summed E-state index contributed by atoms with van der Waals surface area (Å²) in [5, 5.41) is 10.3. The highest BCUT2D eigenvalue weighted by atomic mass is 35.5. The number of hydrogen-bond acceptors (Lipinski definition) is 4. The van der Waals surface area contributed by atoms with E-state index in [9.17, 15) is 14.7 Å². The Kier molecular flexibility index (Phi) is 2.52. The second kappa shape index (κ2) is 3.61. The Morgan fingerprint density at radius 1 is 1.62 bits per heavy atom. The first-order valence-electron chi connectivity index (χ1n) is 4.81. The molecule has 0 fully saturated rings. The van der Waals surface area contributed by atoms with Crippen LogP contribution in [0, 0.1) is 0 Å². The highest BCUT2D eigenvalue weighted by Gasteiger charge is 2.44. The van der Waals surface area contributed by atoms with Gasteiger partial charge in [0.2, 0.25) is 0 Å². The molecule has 6 heteroatoms. The molecule has 0 aromatic carbocycles. The van der Waals surface area contributed by atoms with Crippen molar-refractivity contribution in [3.8, 4) is 0 Å². The number of aromatic nitrogens is 1. The van der Waals surface area contributed by atoms with Crippen LogP contribution < -0.4 is 5.56 Å². The predicted octanol–water partition coefficient (Wildman–Crippen LogP) is 0.683. The van der Waals surface area contributed by atoms with Crippen molar-refractivity contribution in [2.24, 2.45) is 0 Å². The van der Waals surface area contributed by atoms with Crippen LogP contribution in [0.4, 0.5) is 0 Å². The second-order valence-electron chi connectivity index (χ2n) is 3.63. The Labute approximate surface area is 96.0 Å². The fourth-order valence-electron chi connectivity index (χ4n) is 1.77. The molecule has 0 amide bonds. The fourth-order valence-corrected chi connectivity index (χ4v) is 1.97. The SMILES string of the molecule is CCC1(O)C(=O)OCc2c1cc(Cl)[nH]c2=O. The summed E-state index contributed by atoms with van der Waals surface area (Å²) in [4.78, 5) is 25.4. The number of pyridine rings is 1. The third-order valence-corrected chi connectivity index (χ3v) is 2.95. The Morgan fingerprint density at radius 3 is 2.94 bits per heavy atom. The van der Waals surface area contributed by atoms with Crippen LogP contribution in [-0.2, 0) is 21.7 Å². The van der Waals surface area contributed by atoms with Gasteiger partial charge in [0, 0.05) is 5.56 Å². The molecule has 1 aromatic heterocycles. The fraction of sp³-hybridized carbons (Fsp3) is 0.400. The van der Waals surface area contributed by atoms with Gasteiger partial charge in [-0.25, -0.2) is 4.79 Å². The minimum Gasteiger partial charge on any atom is -0.458 e. The molecule has 0 spiro atoms. The van der Waals surface area contributed by atoms with Crippen LogP contribution in [0.2, 0.25) is 5.15 Å². The van der Waals surface area contributed by atoms with Gasteiger partial charge in [0.05, 0.1) is 5.56 Å². The van der Waals surface area contributed by atoms with E-state index in [1.807, 2.05) is 0 Å². The van der Waals surface area contributed by atoms with E-state index < -0.39 is 17.1 Å². The molecule has 2 rings (SSSR count). The average molecular weight is 244 g/mol. The van der Waals surface area contributed by atoms with Crippen LogP contribution in [0.3, 0.4) is 0 Å². The molecule has 16 heavy (non-hydrogen) atoms. The number of esters is 1. The maximum absolute atomic E-state index is 11.6. The summed E-state index contributed by atoms with van der Waals surface area (Å²) in [6.07, 6.45) is 0.124. The minimum atomic E-state index is -1.77. The standard InChI is InChI=1S/C10H10ClNO4/c1-2-10(15)6-3-7(11)12-8(13)5(6)4-16-9(10)14/h3,15H,2,4H2,1H3,(H,12,13). The molecule has 0 radical (unpaired) electrons. The van der Waals surface area contributed by atoms with Gasteiger partial charge < -0.3 is 14.8 Å². The number of carbonyl (C=O) groups excluding carboxylic acids is 1. The molecule has 1 aliphatic heterocycles. The normalized spacial score (nSPS) is 23.8. The van der Waals surface area contributed by atoms with E-state index in [0.29, 0.717) is 0 Å². The lowest BCUT2D eigenvalue weighted by molar-refractivity contribution is -0.172. The van der Waals surface area contributed by atoms with Crippen LogP contribution in [0.25, 0.3) is 0 Å². The van der Waals surface area contributed by atoms with Crippen molar-refractivity contribution in [2.45, 2.75) is 25.6 Å². The molecule has 2 heterocycles. The first kappa shape index (κ1) is 11.2. The van der Waals surface area contributed by atoms with Gasteiger partial charge in [0.1, 0.15) is 11.8 Å². The third kappa shape index (κ3) is 1.44. The quantitative estimate of drug-likeness (QED) is 0.562. The molecule has 0 bridgehead atoms. The van der Waals surface area contributed by atoms with Crippen molar-refractivity contribution < 1.29 is 14.6 Å². The van der Waals surface area contributed by atoms with Crippen LogP contribution in [0.1, 0.15) is 24.5 Å². The van der Waals surface area contributed by atoms with Gasteiger partial charge in [-0.05, 0) is 12.5 Å². The molecule has 2 N–H and O–H groups in total. The van der Waals surface area contributed by atoms with Gasteiger partial charge in [0.25, 0.3) is 5.56 Å². The Balaban J connectivity index is 2.73. The number of fused-ring (bicyclic) bond motifs is 1. The molecule has 0 saturated heterocycles. The van der Waals surface area contributed by atoms with Crippen LogP contribution in [-0.4, -0.2) is 16.1 Å². The van der Waals surface area contributed by atoms with E-state index in [0.717, 1.165) is 0 Å². The maximum atomic E-state index is 11.6. The van der Waals surface area contributed by atoms with Gasteiger partial charge >= 0.3 is 5.97 Å². The predicted molar refractivity (Wildman–Crippen MR) is 56.1 cm³/mol. The van der Waals surface area contributed by atoms with Crippen LogP contribution in [0.5, 0.6) is 0 Å². The number of rotatable bonds is 1. The summed E-state index contributed by atoms with van der Waals surface area (Å²) in [6.45, 7) is 1.49. The molecule has 86 valence electrons. The third-order valence-electron chi connectivity index (χ3n) is 2.75. The number of carbonyl (C=O) groups is 1. The summed E-state index contributed by atoms with van der Waals surface area (Å²) >= 11 is 5.70. The van der Waals surface area contributed by atoms with E-state index >= 15 is 0 Å². The van der Waals surface area contributed by atoms with Crippen LogP contribution in [0.15, 0.2) is 10.9 Å². The first-order valence-corrected chi connectivity index (χ1v) is 5.18. The molecule has 1 unspecified atom stereocenters. The van der Waals surface area contributed by atoms with Gasteiger partial charge in [-0.3, -0.25) is 4.79 Å². The molecule has 1 aliphatic rings. The zero-order valence-electron chi connectivity index (χ0n) is 8.54. The molecule has 1 aromatic rings. The Bertz CT molecular complexity index is 510. The summed E-state index contributed by atoms with van der Waals surface area (Å²) in [7, 11) is 0. The van der Waals surface area contributed by atoms with E-state index in [1.54, 1.807) is 6.92 Å². The lowest BCUT2D eigenvalue weighted by Crippen LogP contribution is -2.43. The zero-order valence-corrected chi connectivity index (χ0v) is 9.30. The van der Waals surface area contributed by atoms with Gasteiger partial charge in [0.15, 0.2) is 5.60 Å². The van der Waals surface area contributed by atoms with E-state index in [1.165, 1.54) is 6.07 Å². The summed E-state index contributed by atoms with van der Waals surface area (Å²) < 4.78 is 4.78. The monoisotopic (exact) mass is 243 g/mol. The molecular weight excluding hydrogens is 234 g/mol. The van der Waals surface area contributed by atoms with Crippen molar-refractivity contribution in [1.29, 1.82) is 0 Å². The van der Waals surface area contributed by atoms with Crippen molar-refractivity contribution >= 4 is 17.6 Å². The number of halogens is 1. The highest BCUT2D eigenvalue weighted by Crippen LogP contribution is 2.33. The Hall–Kier alpha value is -1.33. The number of nitrogens with one attached hydrogen (secondary N) is 1. The van der Waals surface area contributed by atoms with Crippen molar-refractivity contribution in [3.05, 3.63) is 32.7 Å². The smallest absolute Gasteiger partial charge is 0.343 e. The Morgan fingerprint density at radius 2 is 2.31 bits per heavy atom. The number of hydrogen-bond donors (Lipinski definition) is 2. The number of cyclic esters (lactones) is 1. The summed E-state index contributed by atoms with van der Waals surface area (Å²) in [5.41, 5.74) is -1.74. The number of aliphatic hydroxyl groups is 1. The van der Waals surface area contributed by atoms with E-state index in [4.69, 9.17) is 16.3 Å². The van der Waals surface area contributed by atoms with Crippen LogP contribution >= 0.6 is 11.6 Å². The van der Waals surface area contributed by atoms with Crippen molar-refractivity contribution in [1.82, 2.24) is 4.98 Å². The molecule has 5 nitrogen and oxygen atoms in total. The number of aromatic amines is 1. The summed E-state index contributed by atoms with van der Waals surface area (Å²) in [6, 6.07) is 1.39. The minimum absolute atomic E-state index is 0.0883. The molecule has 1 atom stereocenters. The van der Waals surface area contributed by atoms with Gasteiger partial charge in [-0.1, -0.05) is 18.5 Å². The van der Waals surface area contributed by atoms with E-state index in [2.05, 4.69) is 4.98 Å². The molecular formula is C10H10ClNO4. The summed E-state index contributed by atoms with van der Waals surface area (Å²) in [5.74, 6) is -0.746. The van der Waals surface area contributed by atoms with Gasteiger partial charge in [-0.2, -0.15) is 0 Å². The van der Waals surface area contributed by atoms with Crippen molar-refractivity contribution in [3.63, 3.8) is 0 Å². The molecule has 0 aliphatic carbocycles. The molecule has 0 saturated carbocycles. The number of ether oxygens (including phenoxy) is 1. The largest absolute Gasteiger partial charge is 0.458 e. The lowest BCUT2D eigenvalue weighted by atomic mass is 9.87. The maximum Gasteiger partial charge on any atom is 0.343 e. The zero-order chi connectivity index (χ0) is 11.9. The van der Waals surface area contributed by atoms with Gasteiger partial charge in [-0.15, -0.1) is 0 Å². The number of H-pyrrole nitrogens is 1. The average Bonchev–Trinajstić information content (AvgIpc) is 2.24. The lowest BCUT2D eigenvalue weighted by Gasteiger charge is -2.30. The highest BCUT2D eigenvalue weighted by molar-refractivity contribution is 6.29. The van der Waals surface area contributed by atoms with Crippen molar-refractivity contribution in [2.75, 3.05) is 0 Å².